The molecule has 0 fully saturated rings. The van der Waals surface area contributed by atoms with Crippen molar-refractivity contribution in [1.82, 2.24) is 9.78 Å². The van der Waals surface area contributed by atoms with Crippen LogP contribution in [-0.2, 0) is 0 Å². The van der Waals surface area contributed by atoms with E-state index in [-0.39, 0.29) is 5.91 Å². The van der Waals surface area contributed by atoms with Crippen LogP contribution in [0.2, 0.25) is 5.02 Å². The lowest BCUT2D eigenvalue weighted by Crippen LogP contribution is -2.28. The molecule has 2 heterocycles. The van der Waals surface area contributed by atoms with Gasteiger partial charge in [0.15, 0.2) is 11.5 Å². The van der Waals surface area contributed by atoms with Crippen LogP contribution >= 0.6 is 11.6 Å². The van der Waals surface area contributed by atoms with Gasteiger partial charge in [-0.2, -0.15) is 5.10 Å². The van der Waals surface area contributed by atoms with Crippen molar-refractivity contribution in [3.63, 3.8) is 0 Å². The molecule has 0 N–H and O–H groups in total. The molecule has 0 radical (unpaired) electrons. The van der Waals surface area contributed by atoms with E-state index >= 15 is 0 Å². The summed E-state index contributed by atoms with van der Waals surface area (Å²) in [6.07, 6.45) is 0. The van der Waals surface area contributed by atoms with Crippen LogP contribution in [0.15, 0.2) is 42.5 Å². The maximum absolute atomic E-state index is 13.3. The highest BCUT2D eigenvalue weighted by molar-refractivity contribution is 6.31. The Morgan fingerprint density at radius 3 is 2.54 bits per heavy atom. The standard InChI is InChI=1S/C21H20ClN3O3/c1-13-20(22)14(2)25(23-13)17-7-5-4-6-16(17)21(26)24(3)15-8-9-18-19(12-15)28-11-10-27-18/h4-9,12H,10-11H2,1-3H3. The van der Waals surface area contributed by atoms with Gasteiger partial charge >= 0.3 is 0 Å². The zero-order valence-corrected chi connectivity index (χ0v) is 16.7. The minimum Gasteiger partial charge on any atom is -0.486 e. The molecule has 1 amide bonds. The zero-order chi connectivity index (χ0) is 19.8. The topological polar surface area (TPSA) is 56.6 Å². The number of rotatable bonds is 3. The maximum Gasteiger partial charge on any atom is 0.260 e. The van der Waals surface area contributed by atoms with Crippen LogP contribution in [0.25, 0.3) is 5.69 Å². The fourth-order valence-electron chi connectivity index (χ4n) is 3.24. The summed E-state index contributed by atoms with van der Waals surface area (Å²) >= 11 is 6.30. The number of benzene rings is 2. The first kappa shape index (κ1) is 18.4. The molecule has 28 heavy (non-hydrogen) atoms. The Morgan fingerprint density at radius 1 is 1.11 bits per heavy atom. The highest BCUT2D eigenvalue weighted by Crippen LogP contribution is 2.34. The number of carbonyl (C=O) groups excluding carboxylic acids is 1. The van der Waals surface area contributed by atoms with E-state index in [2.05, 4.69) is 5.10 Å². The van der Waals surface area contributed by atoms with E-state index in [0.717, 1.165) is 17.1 Å². The normalized spacial score (nSPS) is 12.7. The van der Waals surface area contributed by atoms with Crippen molar-refractivity contribution < 1.29 is 14.3 Å². The summed E-state index contributed by atoms with van der Waals surface area (Å²) in [4.78, 5) is 14.9. The molecule has 0 unspecified atom stereocenters. The second-order valence-corrected chi connectivity index (χ2v) is 6.98. The van der Waals surface area contributed by atoms with Crippen LogP contribution in [0.3, 0.4) is 0 Å². The van der Waals surface area contributed by atoms with Gasteiger partial charge in [-0.05, 0) is 38.1 Å². The molecule has 1 aromatic heterocycles. The molecule has 144 valence electrons. The van der Waals surface area contributed by atoms with E-state index in [1.165, 1.54) is 0 Å². The molecule has 0 bridgehead atoms. The number of amides is 1. The Labute approximate surface area is 168 Å². The van der Waals surface area contributed by atoms with Gasteiger partial charge in [-0.25, -0.2) is 4.68 Å². The van der Waals surface area contributed by atoms with E-state index in [4.69, 9.17) is 21.1 Å². The van der Waals surface area contributed by atoms with Crippen molar-refractivity contribution in [1.29, 1.82) is 0 Å². The largest absolute Gasteiger partial charge is 0.486 e. The highest BCUT2D eigenvalue weighted by Gasteiger charge is 2.22. The number of halogens is 1. The Morgan fingerprint density at radius 2 is 1.82 bits per heavy atom. The fourth-order valence-corrected chi connectivity index (χ4v) is 3.35. The van der Waals surface area contributed by atoms with E-state index in [9.17, 15) is 4.79 Å². The van der Waals surface area contributed by atoms with Crippen molar-refractivity contribution in [3.8, 4) is 17.2 Å². The Hall–Kier alpha value is -2.99. The number of aromatic nitrogens is 2. The second-order valence-electron chi connectivity index (χ2n) is 6.61. The smallest absolute Gasteiger partial charge is 0.260 e. The third-order valence-electron chi connectivity index (χ3n) is 4.78. The minimum atomic E-state index is -0.157. The summed E-state index contributed by atoms with van der Waals surface area (Å²) in [5.41, 5.74) is 3.45. The first-order valence-corrected chi connectivity index (χ1v) is 9.34. The molecule has 0 saturated carbocycles. The summed E-state index contributed by atoms with van der Waals surface area (Å²) < 4.78 is 12.9. The van der Waals surface area contributed by atoms with Gasteiger partial charge in [-0.1, -0.05) is 23.7 Å². The molecule has 6 nitrogen and oxygen atoms in total. The number of ether oxygens (including phenoxy) is 2. The van der Waals surface area contributed by atoms with Crippen molar-refractivity contribution in [2.75, 3.05) is 25.2 Å². The van der Waals surface area contributed by atoms with Crippen LogP contribution < -0.4 is 14.4 Å². The summed E-state index contributed by atoms with van der Waals surface area (Å²) in [5, 5.41) is 5.09. The third-order valence-corrected chi connectivity index (χ3v) is 5.33. The molecule has 0 saturated heterocycles. The Bertz CT molecular complexity index is 1060. The Balaban J connectivity index is 1.72. The van der Waals surface area contributed by atoms with Crippen LogP contribution in [0.4, 0.5) is 5.69 Å². The average Bonchev–Trinajstić information content (AvgIpc) is 2.99. The van der Waals surface area contributed by atoms with Crippen LogP contribution in [0.1, 0.15) is 21.7 Å². The van der Waals surface area contributed by atoms with Crippen molar-refractivity contribution >= 4 is 23.2 Å². The van der Waals surface area contributed by atoms with E-state index in [0.29, 0.717) is 41.0 Å². The molecule has 0 aliphatic carbocycles. The number of hydrogen-bond acceptors (Lipinski definition) is 4. The molecule has 2 aromatic carbocycles. The SMILES string of the molecule is Cc1nn(-c2ccccc2C(=O)N(C)c2ccc3c(c2)OCCO3)c(C)c1Cl. The quantitative estimate of drug-likeness (QED) is 0.665. The number of hydrogen-bond donors (Lipinski definition) is 0. The monoisotopic (exact) mass is 397 g/mol. The van der Waals surface area contributed by atoms with Crippen LogP contribution in [0.5, 0.6) is 11.5 Å². The van der Waals surface area contributed by atoms with Gasteiger partial charge in [0.2, 0.25) is 0 Å². The molecule has 7 heteroatoms. The van der Waals surface area contributed by atoms with Gasteiger partial charge in [0.1, 0.15) is 13.2 Å². The van der Waals surface area contributed by atoms with Crippen LogP contribution in [-0.4, -0.2) is 35.9 Å². The van der Waals surface area contributed by atoms with Crippen molar-refractivity contribution in [2.45, 2.75) is 13.8 Å². The molecule has 0 atom stereocenters. The number of anilines is 1. The predicted molar refractivity (Wildman–Crippen MR) is 108 cm³/mol. The molecule has 3 aromatic rings. The first-order valence-electron chi connectivity index (χ1n) is 8.96. The number of para-hydroxylation sites is 1. The van der Waals surface area contributed by atoms with E-state index in [1.54, 1.807) is 22.7 Å². The predicted octanol–water partition coefficient (Wildman–Crippen LogP) is 4.19. The van der Waals surface area contributed by atoms with Crippen molar-refractivity contribution in [2.24, 2.45) is 0 Å². The second kappa shape index (κ2) is 7.20. The third kappa shape index (κ3) is 3.10. The first-order chi connectivity index (χ1) is 13.5. The lowest BCUT2D eigenvalue weighted by atomic mass is 10.1. The van der Waals surface area contributed by atoms with Gasteiger partial charge < -0.3 is 14.4 Å². The van der Waals surface area contributed by atoms with Gasteiger partial charge in [0.05, 0.1) is 27.7 Å². The number of fused-ring (bicyclic) bond motifs is 1. The molecule has 4 rings (SSSR count). The fraction of sp³-hybridized carbons (Fsp3) is 0.238. The maximum atomic E-state index is 13.3. The number of nitrogens with zero attached hydrogens (tertiary/aromatic N) is 3. The van der Waals surface area contributed by atoms with Crippen molar-refractivity contribution in [3.05, 3.63) is 64.4 Å². The summed E-state index contributed by atoms with van der Waals surface area (Å²) in [6, 6.07) is 12.8. The van der Waals surface area contributed by atoms with E-state index in [1.807, 2.05) is 50.2 Å². The molecular weight excluding hydrogens is 378 g/mol. The lowest BCUT2D eigenvalue weighted by Gasteiger charge is -2.23. The molecule has 1 aliphatic heterocycles. The van der Waals surface area contributed by atoms with Gasteiger partial charge in [-0.15, -0.1) is 0 Å². The van der Waals surface area contributed by atoms with E-state index < -0.39 is 0 Å². The lowest BCUT2D eigenvalue weighted by molar-refractivity contribution is 0.0992. The summed E-state index contributed by atoms with van der Waals surface area (Å²) in [7, 11) is 1.73. The average molecular weight is 398 g/mol. The van der Waals surface area contributed by atoms with Gasteiger partial charge in [0, 0.05) is 18.8 Å². The molecule has 0 spiro atoms. The highest BCUT2D eigenvalue weighted by atomic mass is 35.5. The summed E-state index contributed by atoms with van der Waals surface area (Å²) in [5.74, 6) is 1.17. The summed E-state index contributed by atoms with van der Waals surface area (Å²) in [6.45, 7) is 4.75. The number of carbonyl (C=O) groups is 1. The minimum absolute atomic E-state index is 0.157. The van der Waals surface area contributed by atoms with Crippen LogP contribution in [0, 0.1) is 13.8 Å². The zero-order valence-electron chi connectivity index (χ0n) is 15.9. The van der Waals surface area contributed by atoms with Gasteiger partial charge in [-0.3, -0.25) is 4.79 Å². The van der Waals surface area contributed by atoms with Gasteiger partial charge in [0.25, 0.3) is 5.91 Å². The Kier molecular flexibility index (Phi) is 4.73. The molecular formula is C21H20ClN3O3. The number of aryl methyl sites for hydroxylation is 1. The molecule has 1 aliphatic rings.